The lowest BCUT2D eigenvalue weighted by Gasteiger charge is -2.27. The summed E-state index contributed by atoms with van der Waals surface area (Å²) in [6, 6.07) is 0.171. The summed E-state index contributed by atoms with van der Waals surface area (Å²) in [5, 5.41) is 12.9. The Labute approximate surface area is 91.0 Å². The molecule has 0 aromatic carbocycles. The van der Waals surface area contributed by atoms with Gasteiger partial charge in [0.15, 0.2) is 9.84 Å². The van der Waals surface area contributed by atoms with Crippen LogP contribution >= 0.6 is 0 Å². The quantitative estimate of drug-likeness (QED) is 0.708. The van der Waals surface area contributed by atoms with Crippen LogP contribution in [-0.4, -0.2) is 43.2 Å². The van der Waals surface area contributed by atoms with Crippen LogP contribution in [0.4, 0.5) is 0 Å². The van der Waals surface area contributed by atoms with Crippen LogP contribution in [0.3, 0.4) is 0 Å². The molecule has 2 fully saturated rings. The Kier molecular flexibility index (Phi) is 3.33. The molecule has 0 aromatic heterocycles. The highest BCUT2D eigenvalue weighted by Crippen LogP contribution is 2.20. The Morgan fingerprint density at radius 2 is 1.73 bits per heavy atom. The molecule has 88 valence electrons. The van der Waals surface area contributed by atoms with Crippen molar-refractivity contribution in [3.63, 3.8) is 0 Å². The van der Waals surface area contributed by atoms with Crippen LogP contribution in [0.15, 0.2) is 0 Å². The molecular weight excluding hydrogens is 214 g/mol. The number of sulfone groups is 1. The minimum atomic E-state index is -3.01. The minimum Gasteiger partial charge on any atom is -0.390 e. The van der Waals surface area contributed by atoms with E-state index in [9.17, 15) is 13.5 Å². The molecule has 2 aliphatic rings. The third kappa shape index (κ3) is 2.92. The van der Waals surface area contributed by atoms with Gasteiger partial charge in [-0.3, -0.25) is 0 Å². The summed E-state index contributed by atoms with van der Waals surface area (Å²) >= 11 is 0. The smallest absolute Gasteiger partial charge is 0.154 e. The molecule has 5 heteroatoms. The zero-order valence-corrected chi connectivity index (χ0v) is 9.67. The number of aliphatic hydroxyl groups is 1. The Bertz CT molecular complexity index is 309. The predicted octanol–water partition coefficient (Wildman–Crippen LogP) is 0.0666. The highest BCUT2D eigenvalue weighted by atomic mass is 32.2. The van der Waals surface area contributed by atoms with E-state index < -0.39 is 15.9 Å². The van der Waals surface area contributed by atoms with Crippen LogP contribution in [0, 0.1) is 0 Å². The topological polar surface area (TPSA) is 66.4 Å². The maximum Gasteiger partial charge on any atom is 0.154 e. The second-order valence-electron chi connectivity index (χ2n) is 4.75. The molecule has 1 aliphatic carbocycles. The fourth-order valence-corrected chi connectivity index (χ4v) is 4.31. The first-order valence-corrected chi connectivity index (χ1v) is 7.53. The molecule has 0 amide bonds. The van der Waals surface area contributed by atoms with Gasteiger partial charge in [-0.1, -0.05) is 19.3 Å². The second kappa shape index (κ2) is 4.39. The summed E-state index contributed by atoms with van der Waals surface area (Å²) < 4.78 is 22.6. The van der Waals surface area contributed by atoms with Crippen LogP contribution in [0.5, 0.6) is 0 Å². The number of hydrogen-bond donors (Lipinski definition) is 2. The first kappa shape index (κ1) is 11.4. The van der Waals surface area contributed by atoms with E-state index in [1.807, 2.05) is 0 Å². The molecule has 1 saturated heterocycles. The third-order valence-corrected chi connectivity index (χ3v) is 5.09. The molecule has 2 atom stereocenters. The van der Waals surface area contributed by atoms with Gasteiger partial charge in [0.1, 0.15) is 0 Å². The molecule has 2 rings (SSSR count). The molecule has 1 aliphatic heterocycles. The van der Waals surface area contributed by atoms with Crippen LogP contribution in [0.25, 0.3) is 0 Å². The van der Waals surface area contributed by atoms with Crippen molar-refractivity contribution in [2.45, 2.75) is 50.3 Å². The number of aliphatic hydroxyl groups excluding tert-OH is 1. The summed E-state index contributed by atoms with van der Waals surface area (Å²) in [6.07, 6.45) is 5.23. The summed E-state index contributed by atoms with van der Waals surface area (Å²) in [5.74, 6) is 0.0298. The van der Waals surface area contributed by atoms with Crippen molar-refractivity contribution in [2.75, 3.05) is 11.5 Å². The van der Waals surface area contributed by atoms with Gasteiger partial charge >= 0.3 is 0 Å². The lowest BCUT2D eigenvalue weighted by molar-refractivity contribution is 0.153. The fourth-order valence-electron chi connectivity index (χ4n) is 2.56. The van der Waals surface area contributed by atoms with Crippen molar-refractivity contribution in [1.82, 2.24) is 5.32 Å². The molecule has 1 saturated carbocycles. The average Bonchev–Trinajstić information content (AvgIpc) is 2.41. The van der Waals surface area contributed by atoms with Gasteiger partial charge in [0.2, 0.25) is 0 Å². The number of hydrogen-bond acceptors (Lipinski definition) is 4. The van der Waals surface area contributed by atoms with E-state index in [0.717, 1.165) is 12.8 Å². The third-order valence-electron chi connectivity index (χ3n) is 3.38. The summed E-state index contributed by atoms with van der Waals surface area (Å²) in [5.41, 5.74) is 0. The van der Waals surface area contributed by atoms with Gasteiger partial charge in [-0.25, -0.2) is 8.42 Å². The van der Waals surface area contributed by atoms with Gasteiger partial charge in [-0.15, -0.1) is 0 Å². The van der Waals surface area contributed by atoms with Crippen LogP contribution in [0.1, 0.15) is 32.1 Å². The molecule has 0 aromatic rings. The fraction of sp³-hybridized carbons (Fsp3) is 1.00. The van der Waals surface area contributed by atoms with E-state index in [1.165, 1.54) is 19.3 Å². The molecular formula is C10H19NO3S. The summed E-state index contributed by atoms with van der Waals surface area (Å²) in [4.78, 5) is 0. The monoisotopic (exact) mass is 233 g/mol. The highest BCUT2D eigenvalue weighted by Gasteiger charge is 2.37. The van der Waals surface area contributed by atoms with Crippen molar-refractivity contribution < 1.29 is 13.5 Å². The number of nitrogens with one attached hydrogen (secondary N) is 1. The summed E-state index contributed by atoms with van der Waals surface area (Å²) in [6.45, 7) is 0. The zero-order chi connectivity index (χ0) is 10.9. The van der Waals surface area contributed by atoms with E-state index >= 15 is 0 Å². The molecule has 2 N–H and O–H groups in total. The van der Waals surface area contributed by atoms with Crippen molar-refractivity contribution in [1.29, 1.82) is 0 Å². The summed E-state index contributed by atoms with van der Waals surface area (Å²) in [7, 11) is -3.01. The first-order valence-electron chi connectivity index (χ1n) is 5.71. The zero-order valence-electron chi connectivity index (χ0n) is 8.85. The second-order valence-corrected chi connectivity index (χ2v) is 6.91. The average molecular weight is 233 g/mol. The van der Waals surface area contributed by atoms with Crippen molar-refractivity contribution in [2.24, 2.45) is 0 Å². The standard InChI is InChI=1S/C10H19NO3S/c12-10-7-15(13,14)6-9(10)11-8-4-2-1-3-5-8/h8-12H,1-7H2/t9-,10-/m1/s1. The van der Waals surface area contributed by atoms with E-state index in [-0.39, 0.29) is 17.5 Å². The Morgan fingerprint density at radius 3 is 2.27 bits per heavy atom. The SMILES string of the molecule is O=S1(=O)C[C@@H](O)[C@H](NC2CCCCC2)C1. The van der Waals surface area contributed by atoms with E-state index in [1.54, 1.807) is 0 Å². The minimum absolute atomic E-state index is 0.0720. The van der Waals surface area contributed by atoms with Crippen LogP contribution in [-0.2, 0) is 9.84 Å². The maximum atomic E-state index is 11.3. The lowest BCUT2D eigenvalue weighted by atomic mass is 9.94. The highest BCUT2D eigenvalue weighted by molar-refractivity contribution is 7.91. The van der Waals surface area contributed by atoms with Gasteiger partial charge in [-0.05, 0) is 12.8 Å². The van der Waals surface area contributed by atoms with Crippen molar-refractivity contribution in [3.8, 4) is 0 Å². The molecule has 0 radical (unpaired) electrons. The van der Waals surface area contributed by atoms with Gasteiger partial charge in [0.05, 0.1) is 17.6 Å². The van der Waals surface area contributed by atoms with Crippen molar-refractivity contribution >= 4 is 9.84 Å². The van der Waals surface area contributed by atoms with Gasteiger partial charge in [0.25, 0.3) is 0 Å². The molecule has 0 unspecified atom stereocenters. The van der Waals surface area contributed by atoms with E-state index in [2.05, 4.69) is 5.32 Å². The molecule has 1 heterocycles. The molecule has 0 spiro atoms. The lowest BCUT2D eigenvalue weighted by Crippen LogP contribution is -2.45. The maximum absolute atomic E-state index is 11.3. The normalized spacial score (nSPS) is 36.9. The Morgan fingerprint density at radius 1 is 1.07 bits per heavy atom. The Hall–Kier alpha value is -0.130. The van der Waals surface area contributed by atoms with Gasteiger partial charge in [-0.2, -0.15) is 0 Å². The molecule has 4 nitrogen and oxygen atoms in total. The first-order chi connectivity index (χ1) is 7.07. The van der Waals surface area contributed by atoms with E-state index in [4.69, 9.17) is 0 Å². The predicted molar refractivity (Wildman–Crippen MR) is 58.5 cm³/mol. The van der Waals surface area contributed by atoms with Gasteiger partial charge < -0.3 is 10.4 Å². The molecule has 15 heavy (non-hydrogen) atoms. The van der Waals surface area contributed by atoms with Crippen molar-refractivity contribution in [3.05, 3.63) is 0 Å². The molecule has 0 bridgehead atoms. The van der Waals surface area contributed by atoms with Gasteiger partial charge in [0, 0.05) is 12.1 Å². The Balaban J connectivity index is 1.89. The van der Waals surface area contributed by atoms with Crippen LogP contribution in [0.2, 0.25) is 0 Å². The van der Waals surface area contributed by atoms with E-state index in [0.29, 0.717) is 6.04 Å². The largest absolute Gasteiger partial charge is 0.390 e. The van der Waals surface area contributed by atoms with Crippen LogP contribution < -0.4 is 5.32 Å². The number of rotatable bonds is 2.